The molecule has 0 unspecified atom stereocenters. The van der Waals surface area contributed by atoms with Crippen molar-refractivity contribution in [3.63, 3.8) is 0 Å². The first-order valence-corrected chi connectivity index (χ1v) is 9.21. The molecule has 2 atom stereocenters. The summed E-state index contributed by atoms with van der Waals surface area (Å²) in [6, 6.07) is 11.0. The molecule has 2 saturated carbocycles. The van der Waals surface area contributed by atoms with Gasteiger partial charge in [0.1, 0.15) is 6.61 Å². The van der Waals surface area contributed by atoms with Crippen molar-refractivity contribution in [1.29, 1.82) is 0 Å². The number of amides is 1. The van der Waals surface area contributed by atoms with E-state index in [1.54, 1.807) is 0 Å². The molecule has 0 aromatic heterocycles. The highest BCUT2D eigenvalue weighted by molar-refractivity contribution is 5.67. The van der Waals surface area contributed by atoms with Crippen molar-refractivity contribution in [1.82, 2.24) is 10.2 Å². The molecule has 1 aromatic rings. The largest absolute Gasteiger partial charge is 0.445 e. The molecule has 3 N–H and O–H groups in total. The van der Waals surface area contributed by atoms with Crippen LogP contribution in [0.15, 0.2) is 30.3 Å². The fourth-order valence-corrected chi connectivity index (χ4v) is 3.77. The monoisotopic (exact) mass is 331 g/mol. The standard InChI is InChI=1S/C19H29N3O2/c20-12-13-22(16-10-11-16)18-9-5-4-8-17(18)21-19(23)24-14-15-6-2-1-3-7-15/h1-3,6-7,16-18H,4-5,8-14,20H2,(H,21,23)/t17-,18-/m0/s1. The highest BCUT2D eigenvalue weighted by Crippen LogP contribution is 2.33. The number of hydrogen-bond acceptors (Lipinski definition) is 4. The van der Waals surface area contributed by atoms with E-state index in [2.05, 4.69) is 10.2 Å². The number of hydrogen-bond donors (Lipinski definition) is 2. The summed E-state index contributed by atoms with van der Waals surface area (Å²) in [6.07, 6.45) is 6.79. The Balaban J connectivity index is 1.53. The van der Waals surface area contributed by atoms with Gasteiger partial charge in [-0.2, -0.15) is 0 Å². The molecule has 2 aliphatic rings. The molecule has 3 rings (SSSR count). The predicted octanol–water partition coefficient (Wildman–Crippen LogP) is 2.65. The fraction of sp³-hybridized carbons (Fsp3) is 0.632. The Morgan fingerprint density at radius 2 is 1.92 bits per heavy atom. The number of nitrogens with one attached hydrogen (secondary N) is 1. The first-order chi connectivity index (χ1) is 11.8. The molecule has 0 bridgehead atoms. The Labute approximate surface area is 144 Å². The summed E-state index contributed by atoms with van der Waals surface area (Å²) in [5.41, 5.74) is 6.82. The molecular weight excluding hydrogens is 302 g/mol. The number of rotatable bonds is 7. The molecule has 0 saturated heterocycles. The lowest BCUT2D eigenvalue weighted by Gasteiger charge is -2.40. The van der Waals surface area contributed by atoms with Crippen molar-refractivity contribution in [3.05, 3.63) is 35.9 Å². The van der Waals surface area contributed by atoms with Gasteiger partial charge in [-0.25, -0.2) is 4.79 Å². The van der Waals surface area contributed by atoms with Gasteiger partial charge >= 0.3 is 6.09 Å². The third-order valence-electron chi connectivity index (χ3n) is 5.07. The number of nitrogens with two attached hydrogens (primary N) is 1. The van der Waals surface area contributed by atoms with Gasteiger partial charge in [0.2, 0.25) is 0 Å². The lowest BCUT2D eigenvalue weighted by atomic mass is 9.89. The quantitative estimate of drug-likeness (QED) is 0.806. The summed E-state index contributed by atoms with van der Waals surface area (Å²) in [7, 11) is 0. The van der Waals surface area contributed by atoms with Gasteiger partial charge < -0.3 is 15.8 Å². The Morgan fingerprint density at radius 3 is 2.62 bits per heavy atom. The second-order valence-electron chi connectivity index (χ2n) is 6.92. The average Bonchev–Trinajstić information content (AvgIpc) is 3.44. The summed E-state index contributed by atoms with van der Waals surface area (Å²) in [4.78, 5) is 14.7. The first-order valence-electron chi connectivity index (χ1n) is 9.21. The number of carbonyl (C=O) groups is 1. The topological polar surface area (TPSA) is 67.6 Å². The van der Waals surface area contributed by atoms with Gasteiger partial charge in [-0.1, -0.05) is 43.2 Å². The molecule has 0 radical (unpaired) electrons. The third-order valence-corrected chi connectivity index (χ3v) is 5.07. The molecular formula is C19H29N3O2. The van der Waals surface area contributed by atoms with Crippen molar-refractivity contribution in [2.75, 3.05) is 13.1 Å². The summed E-state index contributed by atoms with van der Waals surface area (Å²) < 4.78 is 5.40. The fourth-order valence-electron chi connectivity index (χ4n) is 3.77. The molecule has 0 heterocycles. The maximum Gasteiger partial charge on any atom is 0.407 e. The van der Waals surface area contributed by atoms with E-state index in [0.717, 1.165) is 24.9 Å². The van der Waals surface area contributed by atoms with Crippen LogP contribution >= 0.6 is 0 Å². The van der Waals surface area contributed by atoms with Crippen LogP contribution in [0.2, 0.25) is 0 Å². The van der Waals surface area contributed by atoms with Gasteiger partial charge in [0.05, 0.1) is 0 Å². The van der Waals surface area contributed by atoms with Gasteiger partial charge in [0, 0.05) is 31.2 Å². The van der Waals surface area contributed by atoms with Crippen LogP contribution < -0.4 is 11.1 Å². The normalized spacial score (nSPS) is 23.9. The Bertz CT molecular complexity index is 519. The highest BCUT2D eigenvalue weighted by atomic mass is 16.5. The molecule has 132 valence electrons. The maximum absolute atomic E-state index is 12.2. The average molecular weight is 331 g/mol. The predicted molar refractivity (Wildman–Crippen MR) is 94.6 cm³/mol. The lowest BCUT2D eigenvalue weighted by Crippen LogP contribution is -2.55. The molecule has 5 heteroatoms. The minimum atomic E-state index is -0.306. The van der Waals surface area contributed by atoms with Crippen molar-refractivity contribution in [3.8, 4) is 0 Å². The molecule has 2 fully saturated rings. The second kappa shape index (κ2) is 8.49. The lowest BCUT2D eigenvalue weighted by molar-refractivity contribution is 0.0968. The van der Waals surface area contributed by atoms with E-state index in [4.69, 9.17) is 10.5 Å². The zero-order valence-electron chi connectivity index (χ0n) is 14.3. The number of ether oxygens (including phenoxy) is 1. The van der Waals surface area contributed by atoms with E-state index in [-0.39, 0.29) is 12.1 Å². The molecule has 2 aliphatic carbocycles. The van der Waals surface area contributed by atoms with Crippen molar-refractivity contribution in [2.45, 2.75) is 63.3 Å². The van der Waals surface area contributed by atoms with Crippen molar-refractivity contribution < 1.29 is 9.53 Å². The van der Waals surface area contributed by atoms with Crippen molar-refractivity contribution >= 4 is 6.09 Å². The van der Waals surface area contributed by atoms with E-state index in [0.29, 0.717) is 25.2 Å². The van der Waals surface area contributed by atoms with Crippen LogP contribution in [0, 0.1) is 0 Å². The maximum atomic E-state index is 12.2. The van der Waals surface area contributed by atoms with Gasteiger partial charge in [-0.3, -0.25) is 4.90 Å². The smallest absolute Gasteiger partial charge is 0.407 e. The summed E-state index contributed by atoms with van der Waals surface area (Å²) >= 11 is 0. The summed E-state index contributed by atoms with van der Waals surface area (Å²) in [5.74, 6) is 0. The van der Waals surface area contributed by atoms with E-state index in [1.807, 2.05) is 30.3 Å². The third kappa shape index (κ3) is 4.71. The molecule has 5 nitrogen and oxygen atoms in total. The summed E-state index contributed by atoms with van der Waals surface area (Å²) in [6.45, 7) is 1.92. The van der Waals surface area contributed by atoms with E-state index < -0.39 is 0 Å². The highest BCUT2D eigenvalue weighted by Gasteiger charge is 2.38. The van der Waals surface area contributed by atoms with E-state index in [1.165, 1.54) is 25.7 Å². The molecule has 1 aromatic carbocycles. The van der Waals surface area contributed by atoms with Gasteiger partial charge in [0.25, 0.3) is 0 Å². The van der Waals surface area contributed by atoms with Crippen LogP contribution in [0.4, 0.5) is 4.79 Å². The van der Waals surface area contributed by atoms with Crippen LogP contribution in [-0.2, 0) is 11.3 Å². The summed E-state index contributed by atoms with van der Waals surface area (Å²) in [5, 5.41) is 3.12. The first kappa shape index (κ1) is 17.2. The molecule has 0 aliphatic heterocycles. The molecule has 0 spiro atoms. The van der Waals surface area contributed by atoms with Crippen LogP contribution in [0.1, 0.15) is 44.1 Å². The molecule has 1 amide bonds. The number of nitrogens with zero attached hydrogens (tertiary/aromatic N) is 1. The van der Waals surface area contributed by atoms with Gasteiger partial charge in [-0.15, -0.1) is 0 Å². The second-order valence-corrected chi connectivity index (χ2v) is 6.92. The zero-order valence-corrected chi connectivity index (χ0v) is 14.3. The Hall–Kier alpha value is -1.59. The van der Waals surface area contributed by atoms with Crippen LogP contribution in [0.25, 0.3) is 0 Å². The Morgan fingerprint density at radius 1 is 1.17 bits per heavy atom. The van der Waals surface area contributed by atoms with E-state index in [9.17, 15) is 4.79 Å². The van der Waals surface area contributed by atoms with Gasteiger partial charge in [-0.05, 0) is 31.2 Å². The number of benzene rings is 1. The SMILES string of the molecule is NCCN(C1CC1)[C@H]1CCCC[C@@H]1NC(=O)OCc1ccccc1. The molecule has 24 heavy (non-hydrogen) atoms. The number of alkyl carbamates (subject to hydrolysis) is 1. The minimum absolute atomic E-state index is 0.175. The van der Waals surface area contributed by atoms with Crippen molar-refractivity contribution in [2.24, 2.45) is 5.73 Å². The van der Waals surface area contributed by atoms with Crippen LogP contribution in [0.3, 0.4) is 0 Å². The zero-order chi connectivity index (χ0) is 16.8. The number of carbonyl (C=O) groups excluding carboxylic acids is 1. The Kier molecular flexibility index (Phi) is 6.10. The van der Waals surface area contributed by atoms with Crippen LogP contribution in [0.5, 0.6) is 0 Å². The van der Waals surface area contributed by atoms with E-state index >= 15 is 0 Å². The van der Waals surface area contributed by atoms with Crippen LogP contribution in [-0.4, -0.2) is 42.2 Å². The minimum Gasteiger partial charge on any atom is -0.445 e. The van der Waals surface area contributed by atoms with Gasteiger partial charge in [0.15, 0.2) is 0 Å².